The van der Waals surface area contributed by atoms with Gasteiger partial charge in [-0.15, -0.1) is 0 Å². The number of rotatable bonds is 2. The lowest BCUT2D eigenvalue weighted by Crippen LogP contribution is -2.22. The number of aldehydes is 1. The van der Waals surface area contributed by atoms with E-state index in [9.17, 15) is 4.79 Å². The van der Waals surface area contributed by atoms with Crippen LogP contribution >= 0.6 is 0 Å². The zero-order valence-corrected chi connectivity index (χ0v) is 6.29. The van der Waals surface area contributed by atoms with Crippen LogP contribution in [0.15, 0.2) is 12.2 Å². The fraction of sp³-hybridized carbons (Fsp3) is 0.625. The van der Waals surface area contributed by atoms with E-state index >= 15 is 0 Å². The van der Waals surface area contributed by atoms with Crippen molar-refractivity contribution < 1.29 is 4.79 Å². The molecule has 0 aliphatic carbocycles. The largest absolute Gasteiger partial charge is 0.300 e. The summed E-state index contributed by atoms with van der Waals surface area (Å²) in [5.74, 6) is 0. The Hall–Kier alpha value is -0.630. The second-order valence-corrected chi connectivity index (χ2v) is 2.71. The third-order valence-electron chi connectivity index (χ3n) is 1.99. The molecule has 0 aromatic heterocycles. The summed E-state index contributed by atoms with van der Waals surface area (Å²) in [6.45, 7) is 1.16. The minimum atomic E-state index is 0.505. The number of carbonyl (C=O) groups is 1. The van der Waals surface area contributed by atoms with Gasteiger partial charge in [-0.1, -0.05) is 6.08 Å². The molecule has 0 saturated carbocycles. The lowest BCUT2D eigenvalue weighted by atomic mass is 10.2. The molecule has 1 fully saturated rings. The van der Waals surface area contributed by atoms with Crippen LogP contribution < -0.4 is 0 Å². The summed E-state index contributed by atoms with van der Waals surface area (Å²) >= 11 is 0. The van der Waals surface area contributed by atoms with Gasteiger partial charge in [0.2, 0.25) is 0 Å². The normalized spacial score (nSPS) is 27.9. The molecular formula is C8H13NO. The van der Waals surface area contributed by atoms with Crippen LogP contribution in [0.5, 0.6) is 0 Å². The van der Waals surface area contributed by atoms with Crippen LogP contribution in [0.2, 0.25) is 0 Å². The van der Waals surface area contributed by atoms with Gasteiger partial charge in [-0.05, 0) is 32.5 Å². The summed E-state index contributed by atoms with van der Waals surface area (Å²) < 4.78 is 0. The second-order valence-electron chi connectivity index (χ2n) is 2.71. The molecule has 2 nitrogen and oxygen atoms in total. The minimum absolute atomic E-state index is 0.505. The number of hydrogen-bond acceptors (Lipinski definition) is 2. The first kappa shape index (κ1) is 7.48. The zero-order valence-electron chi connectivity index (χ0n) is 6.29. The maximum atomic E-state index is 9.96. The van der Waals surface area contributed by atoms with Gasteiger partial charge in [-0.3, -0.25) is 9.69 Å². The van der Waals surface area contributed by atoms with E-state index in [1.807, 2.05) is 6.08 Å². The van der Waals surface area contributed by atoms with Crippen molar-refractivity contribution in [1.29, 1.82) is 0 Å². The first-order valence-corrected chi connectivity index (χ1v) is 3.67. The number of allylic oxidation sites excluding steroid dienone is 1. The predicted molar refractivity (Wildman–Crippen MR) is 40.9 cm³/mol. The average Bonchev–Trinajstić information content (AvgIpc) is 2.31. The fourth-order valence-electron chi connectivity index (χ4n) is 1.35. The molecule has 0 bridgehead atoms. The number of likely N-dealkylation sites (N-methyl/N-ethyl adjacent to an activating group) is 1. The van der Waals surface area contributed by atoms with E-state index in [2.05, 4.69) is 11.9 Å². The molecule has 1 heterocycles. The molecule has 56 valence electrons. The van der Waals surface area contributed by atoms with Crippen LogP contribution in [0.1, 0.15) is 12.8 Å². The van der Waals surface area contributed by atoms with E-state index in [4.69, 9.17) is 0 Å². The van der Waals surface area contributed by atoms with Gasteiger partial charge in [-0.2, -0.15) is 0 Å². The van der Waals surface area contributed by atoms with Crippen molar-refractivity contribution in [2.24, 2.45) is 0 Å². The standard InChI is InChI=1S/C8H13NO/c1-9-6-2-4-8(9)5-3-7-10/h3,5,7-8H,2,4,6H2,1H3/t8-/m0/s1. The Kier molecular flexibility index (Phi) is 2.63. The van der Waals surface area contributed by atoms with Crippen LogP contribution in [-0.4, -0.2) is 30.8 Å². The Morgan fingerprint density at radius 1 is 1.60 bits per heavy atom. The van der Waals surface area contributed by atoms with E-state index in [0.717, 1.165) is 12.8 Å². The van der Waals surface area contributed by atoms with Crippen LogP contribution in [-0.2, 0) is 4.79 Å². The number of nitrogens with zero attached hydrogens (tertiary/aromatic N) is 1. The fourth-order valence-corrected chi connectivity index (χ4v) is 1.35. The Bertz CT molecular complexity index is 142. The molecule has 1 aliphatic heterocycles. The third kappa shape index (κ3) is 1.67. The van der Waals surface area contributed by atoms with Gasteiger partial charge in [0.25, 0.3) is 0 Å². The molecule has 1 aliphatic rings. The Morgan fingerprint density at radius 3 is 2.90 bits per heavy atom. The zero-order chi connectivity index (χ0) is 7.40. The van der Waals surface area contributed by atoms with Crippen LogP contribution in [0, 0.1) is 0 Å². The smallest absolute Gasteiger partial charge is 0.142 e. The molecule has 0 N–H and O–H groups in total. The highest BCUT2D eigenvalue weighted by Crippen LogP contribution is 2.14. The molecule has 0 unspecified atom stereocenters. The van der Waals surface area contributed by atoms with E-state index in [1.54, 1.807) is 6.08 Å². The van der Waals surface area contributed by atoms with E-state index in [-0.39, 0.29) is 0 Å². The Labute approximate surface area is 61.5 Å². The number of hydrogen-bond donors (Lipinski definition) is 0. The third-order valence-corrected chi connectivity index (χ3v) is 1.99. The highest BCUT2D eigenvalue weighted by Gasteiger charge is 2.16. The van der Waals surface area contributed by atoms with Crippen molar-refractivity contribution in [3.8, 4) is 0 Å². The molecular weight excluding hydrogens is 126 g/mol. The maximum Gasteiger partial charge on any atom is 0.142 e. The summed E-state index contributed by atoms with van der Waals surface area (Å²) in [6, 6.07) is 0.505. The van der Waals surface area contributed by atoms with E-state index in [0.29, 0.717) is 6.04 Å². The van der Waals surface area contributed by atoms with Crippen LogP contribution in [0.3, 0.4) is 0 Å². The number of carbonyl (C=O) groups excluding carboxylic acids is 1. The Morgan fingerprint density at radius 2 is 2.40 bits per heavy atom. The van der Waals surface area contributed by atoms with Crippen molar-refractivity contribution in [3.05, 3.63) is 12.2 Å². The van der Waals surface area contributed by atoms with Crippen molar-refractivity contribution in [1.82, 2.24) is 4.90 Å². The molecule has 0 amide bonds. The first-order chi connectivity index (χ1) is 4.84. The summed E-state index contributed by atoms with van der Waals surface area (Å²) in [7, 11) is 2.09. The molecule has 0 aromatic carbocycles. The summed E-state index contributed by atoms with van der Waals surface area (Å²) in [4.78, 5) is 12.2. The van der Waals surface area contributed by atoms with E-state index < -0.39 is 0 Å². The van der Waals surface area contributed by atoms with E-state index in [1.165, 1.54) is 12.8 Å². The molecule has 0 spiro atoms. The number of likely N-dealkylation sites (tertiary alicyclic amines) is 1. The molecule has 1 saturated heterocycles. The molecule has 1 rings (SSSR count). The van der Waals surface area contributed by atoms with Gasteiger partial charge in [0.1, 0.15) is 6.29 Å². The van der Waals surface area contributed by atoms with Gasteiger partial charge in [-0.25, -0.2) is 0 Å². The predicted octanol–water partition coefficient (Wildman–Crippen LogP) is 0.836. The molecule has 1 atom stereocenters. The first-order valence-electron chi connectivity index (χ1n) is 3.67. The monoisotopic (exact) mass is 139 g/mol. The average molecular weight is 139 g/mol. The minimum Gasteiger partial charge on any atom is -0.300 e. The van der Waals surface area contributed by atoms with Gasteiger partial charge in [0, 0.05) is 6.04 Å². The van der Waals surface area contributed by atoms with Gasteiger partial charge < -0.3 is 0 Å². The van der Waals surface area contributed by atoms with Crippen molar-refractivity contribution >= 4 is 6.29 Å². The lowest BCUT2D eigenvalue weighted by molar-refractivity contribution is -0.104. The van der Waals surface area contributed by atoms with Crippen molar-refractivity contribution in [2.75, 3.05) is 13.6 Å². The second kappa shape index (κ2) is 3.52. The lowest BCUT2D eigenvalue weighted by Gasteiger charge is -2.13. The SMILES string of the molecule is CN1CCC[C@H]1C=CC=O. The quantitative estimate of drug-likeness (QED) is 0.417. The van der Waals surface area contributed by atoms with Crippen LogP contribution in [0.25, 0.3) is 0 Å². The summed E-state index contributed by atoms with van der Waals surface area (Å²) in [5.41, 5.74) is 0. The highest BCUT2D eigenvalue weighted by molar-refractivity contribution is 5.64. The molecule has 2 heteroatoms. The summed E-state index contributed by atoms with van der Waals surface area (Å²) in [6.07, 6.45) is 6.85. The van der Waals surface area contributed by atoms with Gasteiger partial charge in [0.05, 0.1) is 0 Å². The topological polar surface area (TPSA) is 20.3 Å². The van der Waals surface area contributed by atoms with Gasteiger partial charge in [0.15, 0.2) is 0 Å². The van der Waals surface area contributed by atoms with Crippen molar-refractivity contribution in [2.45, 2.75) is 18.9 Å². The van der Waals surface area contributed by atoms with Crippen LogP contribution in [0.4, 0.5) is 0 Å². The van der Waals surface area contributed by atoms with Crippen molar-refractivity contribution in [3.63, 3.8) is 0 Å². The molecule has 10 heavy (non-hydrogen) atoms. The molecule has 0 aromatic rings. The molecule has 0 radical (unpaired) electrons. The van der Waals surface area contributed by atoms with Gasteiger partial charge >= 0.3 is 0 Å². The maximum absolute atomic E-state index is 9.96. The Balaban J connectivity index is 2.39. The summed E-state index contributed by atoms with van der Waals surface area (Å²) in [5, 5.41) is 0. The highest BCUT2D eigenvalue weighted by atomic mass is 16.1.